The van der Waals surface area contributed by atoms with Crippen LogP contribution in [0.3, 0.4) is 0 Å². The quantitative estimate of drug-likeness (QED) is 0.151. The summed E-state index contributed by atoms with van der Waals surface area (Å²) in [4.78, 5) is 35.6. The molecule has 2 N–H and O–H groups in total. The van der Waals surface area contributed by atoms with Crippen molar-refractivity contribution < 1.29 is 23.3 Å². The zero-order chi connectivity index (χ0) is 25.8. The first-order valence-electron chi connectivity index (χ1n) is 11.2. The summed E-state index contributed by atoms with van der Waals surface area (Å²) in [6.07, 6.45) is 2.76. The van der Waals surface area contributed by atoms with Gasteiger partial charge < -0.3 is 19.5 Å². The van der Waals surface area contributed by atoms with Crippen LogP contribution in [0.2, 0.25) is 0 Å². The van der Waals surface area contributed by atoms with Crippen molar-refractivity contribution in [2.24, 2.45) is 0 Å². The fourth-order valence-electron chi connectivity index (χ4n) is 3.69. The number of nitro groups is 1. The molecule has 0 fully saturated rings. The lowest BCUT2D eigenvalue weighted by Crippen LogP contribution is -2.11. The Bertz CT molecular complexity index is 1610. The van der Waals surface area contributed by atoms with Crippen molar-refractivity contribution in [3.05, 3.63) is 119 Å². The molecular formula is C28H19N3O6. The number of hydrogen-bond donors (Lipinski definition) is 2. The molecule has 0 spiro atoms. The molecule has 2 aromatic heterocycles. The number of carbonyl (C=O) groups excluding carboxylic acids is 2. The third-order valence-corrected chi connectivity index (χ3v) is 5.45. The van der Waals surface area contributed by atoms with Crippen LogP contribution in [0, 0.1) is 10.1 Å². The summed E-state index contributed by atoms with van der Waals surface area (Å²) in [5.74, 6) is 0.114. The molecule has 0 aliphatic carbocycles. The van der Waals surface area contributed by atoms with Crippen LogP contribution in [0.5, 0.6) is 0 Å². The Morgan fingerprint density at radius 3 is 2.27 bits per heavy atom. The normalized spacial score (nSPS) is 11.0. The Kier molecular flexibility index (Phi) is 6.33. The number of furan rings is 2. The van der Waals surface area contributed by atoms with Crippen LogP contribution in [0.1, 0.15) is 16.3 Å². The van der Waals surface area contributed by atoms with Crippen LogP contribution >= 0.6 is 0 Å². The molecule has 182 valence electrons. The molecule has 0 saturated carbocycles. The lowest BCUT2D eigenvalue weighted by molar-refractivity contribution is -0.384. The molecule has 0 aliphatic heterocycles. The number of para-hydroxylation sites is 2. The lowest BCUT2D eigenvalue weighted by Gasteiger charge is -2.06. The Hall–Kier alpha value is -5.44. The molecule has 0 saturated heterocycles. The van der Waals surface area contributed by atoms with Crippen molar-refractivity contribution >= 4 is 45.9 Å². The summed E-state index contributed by atoms with van der Waals surface area (Å²) >= 11 is 0. The Morgan fingerprint density at radius 1 is 0.811 bits per heavy atom. The van der Waals surface area contributed by atoms with Gasteiger partial charge in [-0.1, -0.05) is 30.3 Å². The molecule has 9 nitrogen and oxygen atoms in total. The molecule has 0 unspecified atom stereocenters. The van der Waals surface area contributed by atoms with E-state index in [0.717, 1.165) is 5.39 Å². The third-order valence-electron chi connectivity index (χ3n) is 5.45. The highest BCUT2D eigenvalue weighted by molar-refractivity contribution is 6.05. The van der Waals surface area contributed by atoms with E-state index in [-0.39, 0.29) is 17.4 Å². The first-order chi connectivity index (χ1) is 18.0. The van der Waals surface area contributed by atoms with E-state index < -0.39 is 10.8 Å². The van der Waals surface area contributed by atoms with Gasteiger partial charge in [0.15, 0.2) is 5.76 Å². The number of anilines is 2. The number of amides is 2. The highest BCUT2D eigenvalue weighted by Gasteiger charge is 2.17. The van der Waals surface area contributed by atoms with E-state index in [9.17, 15) is 19.7 Å². The van der Waals surface area contributed by atoms with Crippen LogP contribution < -0.4 is 10.6 Å². The second-order valence-corrected chi connectivity index (χ2v) is 7.98. The van der Waals surface area contributed by atoms with Crippen molar-refractivity contribution in [3.8, 4) is 11.3 Å². The van der Waals surface area contributed by atoms with Crippen molar-refractivity contribution in [2.75, 3.05) is 10.6 Å². The van der Waals surface area contributed by atoms with E-state index in [4.69, 9.17) is 8.83 Å². The van der Waals surface area contributed by atoms with E-state index in [1.54, 1.807) is 66.7 Å². The van der Waals surface area contributed by atoms with Crippen molar-refractivity contribution in [3.63, 3.8) is 0 Å². The fraction of sp³-hybridized carbons (Fsp3) is 0. The van der Waals surface area contributed by atoms with Crippen LogP contribution in [0.25, 0.3) is 28.4 Å². The van der Waals surface area contributed by atoms with Gasteiger partial charge in [0, 0.05) is 28.9 Å². The molecule has 9 heteroatoms. The van der Waals surface area contributed by atoms with Crippen molar-refractivity contribution in [1.29, 1.82) is 0 Å². The van der Waals surface area contributed by atoms with Crippen LogP contribution in [0.15, 0.2) is 106 Å². The monoisotopic (exact) mass is 493 g/mol. The van der Waals surface area contributed by atoms with E-state index >= 15 is 0 Å². The number of fused-ring (bicyclic) bond motifs is 1. The van der Waals surface area contributed by atoms with Gasteiger partial charge in [0.05, 0.1) is 10.5 Å². The van der Waals surface area contributed by atoms with Gasteiger partial charge in [-0.2, -0.15) is 0 Å². The van der Waals surface area contributed by atoms with Gasteiger partial charge in [-0.05, 0) is 60.7 Å². The summed E-state index contributed by atoms with van der Waals surface area (Å²) in [5, 5.41) is 17.5. The summed E-state index contributed by atoms with van der Waals surface area (Å²) < 4.78 is 11.2. The number of nitrogens with one attached hydrogen (secondary N) is 2. The molecule has 5 aromatic rings. The number of nitro benzene ring substituents is 1. The largest absolute Gasteiger partial charge is 0.456 e. The van der Waals surface area contributed by atoms with Gasteiger partial charge in [0.2, 0.25) is 5.91 Å². The topological polar surface area (TPSA) is 128 Å². The van der Waals surface area contributed by atoms with Gasteiger partial charge >= 0.3 is 0 Å². The average molecular weight is 493 g/mol. The molecule has 0 radical (unpaired) electrons. The standard InChI is InChI=1S/C28H19N3O6/c32-27(16-14-21-13-15-25(36-21)22-6-2-3-7-23(22)31(34)35)29-19-9-11-20(12-10-19)30-28(33)26-17-18-5-1-4-8-24(18)37-26/h1-17H,(H,29,32)(H,30,33)/b16-14+. The molecule has 5 rings (SSSR count). The first kappa shape index (κ1) is 23.3. The van der Waals surface area contributed by atoms with Crippen molar-refractivity contribution in [2.45, 2.75) is 0 Å². The van der Waals surface area contributed by atoms with Crippen LogP contribution in [-0.4, -0.2) is 16.7 Å². The van der Waals surface area contributed by atoms with Gasteiger partial charge in [0.25, 0.3) is 11.6 Å². The SMILES string of the molecule is O=C(/C=C/c1ccc(-c2ccccc2[N+](=O)[O-])o1)Nc1ccc(NC(=O)c2cc3ccccc3o2)cc1. The minimum atomic E-state index is -0.476. The van der Waals surface area contributed by atoms with Gasteiger partial charge in [-0.15, -0.1) is 0 Å². The van der Waals surface area contributed by atoms with Gasteiger partial charge in [-0.25, -0.2) is 0 Å². The number of nitrogens with zero attached hydrogens (tertiary/aromatic N) is 1. The highest BCUT2D eigenvalue weighted by Crippen LogP contribution is 2.31. The molecule has 0 bridgehead atoms. The van der Waals surface area contributed by atoms with Gasteiger partial charge in [0.1, 0.15) is 17.1 Å². The zero-order valence-corrected chi connectivity index (χ0v) is 19.2. The molecule has 0 atom stereocenters. The maximum absolute atomic E-state index is 12.5. The average Bonchev–Trinajstić information content (AvgIpc) is 3.56. The Labute approximate surface area is 210 Å². The number of carbonyl (C=O) groups is 2. The molecule has 0 aliphatic rings. The second kappa shape index (κ2) is 10.0. The summed E-state index contributed by atoms with van der Waals surface area (Å²) in [6, 6.07) is 25.1. The van der Waals surface area contributed by atoms with E-state index in [2.05, 4.69) is 10.6 Å². The summed E-state index contributed by atoms with van der Waals surface area (Å²) in [7, 11) is 0. The molecule has 37 heavy (non-hydrogen) atoms. The fourth-order valence-corrected chi connectivity index (χ4v) is 3.69. The van der Waals surface area contributed by atoms with Crippen LogP contribution in [-0.2, 0) is 4.79 Å². The van der Waals surface area contributed by atoms with Gasteiger partial charge in [-0.3, -0.25) is 19.7 Å². The maximum atomic E-state index is 12.5. The van der Waals surface area contributed by atoms with E-state index in [1.165, 1.54) is 18.2 Å². The number of hydrogen-bond acceptors (Lipinski definition) is 6. The van der Waals surface area contributed by atoms with E-state index in [1.807, 2.05) is 18.2 Å². The summed E-state index contributed by atoms with van der Waals surface area (Å²) in [5.41, 5.74) is 1.98. The molecule has 3 aromatic carbocycles. The Morgan fingerprint density at radius 2 is 1.51 bits per heavy atom. The molecule has 2 heterocycles. The molecule has 2 amide bonds. The maximum Gasteiger partial charge on any atom is 0.291 e. The third kappa shape index (κ3) is 5.30. The lowest BCUT2D eigenvalue weighted by atomic mass is 10.1. The number of benzene rings is 3. The smallest absolute Gasteiger partial charge is 0.291 e. The highest BCUT2D eigenvalue weighted by atomic mass is 16.6. The number of rotatable bonds is 7. The zero-order valence-electron chi connectivity index (χ0n) is 19.2. The predicted octanol–water partition coefficient (Wildman–Crippen LogP) is 6.51. The second-order valence-electron chi connectivity index (χ2n) is 7.98. The Balaban J connectivity index is 1.19. The predicted molar refractivity (Wildman–Crippen MR) is 139 cm³/mol. The minimum absolute atomic E-state index is 0.0673. The molecular weight excluding hydrogens is 474 g/mol. The first-order valence-corrected chi connectivity index (χ1v) is 11.2. The minimum Gasteiger partial charge on any atom is -0.456 e. The van der Waals surface area contributed by atoms with Crippen LogP contribution in [0.4, 0.5) is 17.1 Å². The van der Waals surface area contributed by atoms with Crippen molar-refractivity contribution in [1.82, 2.24) is 0 Å². The van der Waals surface area contributed by atoms with E-state index in [0.29, 0.717) is 34.0 Å². The summed E-state index contributed by atoms with van der Waals surface area (Å²) in [6.45, 7) is 0.